The summed E-state index contributed by atoms with van der Waals surface area (Å²) in [7, 11) is 0. The molecule has 3 atom stereocenters. The maximum Gasteiger partial charge on any atom is 0.513 e. The Morgan fingerprint density at radius 2 is 1.39 bits per heavy atom. The molecule has 1 aromatic rings. The van der Waals surface area contributed by atoms with Crippen molar-refractivity contribution in [1.82, 2.24) is 0 Å². The lowest BCUT2D eigenvalue weighted by atomic mass is 10.1. The van der Waals surface area contributed by atoms with Crippen molar-refractivity contribution in [2.45, 2.75) is 59.6 Å². The smallest absolute Gasteiger partial charge is 0.458 e. The predicted octanol–water partition coefficient (Wildman–Crippen LogP) is 3.76. The van der Waals surface area contributed by atoms with Crippen LogP contribution in [0, 0.1) is 5.92 Å². The van der Waals surface area contributed by atoms with Gasteiger partial charge in [-0.1, -0.05) is 26.3 Å². The normalized spacial score (nSPS) is 12.9. The molecule has 2 N–H and O–H groups in total. The van der Waals surface area contributed by atoms with Gasteiger partial charge in [0.05, 0.1) is 19.8 Å². The van der Waals surface area contributed by atoms with Crippen LogP contribution in [0.2, 0.25) is 0 Å². The number of hydrogen-bond acceptors (Lipinski definition) is 12. The Morgan fingerprint density at radius 1 is 0.806 bits per heavy atom. The van der Waals surface area contributed by atoms with Gasteiger partial charge in [0.15, 0.2) is 11.5 Å². The molecule has 0 fully saturated rings. The molecule has 0 aromatic heterocycles. The molecule has 1 unspecified atom stereocenters. The van der Waals surface area contributed by atoms with Crippen molar-refractivity contribution in [2.24, 2.45) is 11.7 Å². The minimum Gasteiger partial charge on any atom is -0.458 e. The fraction of sp³-hybridized carbons (Fsp3) is 0.583. The van der Waals surface area contributed by atoms with Crippen LogP contribution >= 0.6 is 0 Å². The third kappa shape index (κ3) is 11.7. The first-order valence-corrected chi connectivity index (χ1v) is 11.7. The third-order valence-electron chi connectivity index (χ3n) is 4.61. The molecule has 0 bridgehead atoms. The highest BCUT2D eigenvalue weighted by Gasteiger charge is 2.22. The predicted molar refractivity (Wildman–Crippen MR) is 126 cm³/mol. The minimum absolute atomic E-state index is 0.00221. The van der Waals surface area contributed by atoms with Crippen molar-refractivity contribution in [3.05, 3.63) is 23.8 Å². The summed E-state index contributed by atoms with van der Waals surface area (Å²) in [5.41, 5.74) is 6.44. The number of rotatable bonds is 13. The molecule has 202 valence electrons. The van der Waals surface area contributed by atoms with Crippen LogP contribution < -0.4 is 15.2 Å². The molecule has 0 saturated heterocycles. The molecule has 1 aromatic carbocycles. The molecule has 36 heavy (non-hydrogen) atoms. The maximum atomic E-state index is 12.4. The Balaban J connectivity index is 2.72. The number of hydrogen-bond donors (Lipinski definition) is 1. The summed E-state index contributed by atoms with van der Waals surface area (Å²) in [4.78, 5) is 47.4. The van der Waals surface area contributed by atoms with E-state index < -0.39 is 36.6 Å². The van der Waals surface area contributed by atoms with Gasteiger partial charge in [0.1, 0.15) is 18.8 Å². The summed E-state index contributed by atoms with van der Waals surface area (Å²) < 4.78 is 34.7. The van der Waals surface area contributed by atoms with Gasteiger partial charge >= 0.3 is 24.4 Å². The van der Waals surface area contributed by atoms with Crippen molar-refractivity contribution in [1.29, 1.82) is 0 Å². The highest BCUT2D eigenvalue weighted by atomic mass is 16.7. The molecule has 1 rings (SSSR count). The first-order chi connectivity index (χ1) is 17.1. The zero-order valence-corrected chi connectivity index (χ0v) is 21.3. The molecule has 12 heteroatoms. The van der Waals surface area contributed by atoms with E-state index in [1.807, 2.05) is 13.8 Å². The first kappa shape index (κ1) is 30.5. The van der Waals surface area contributed by atoms with Crippen molar-refractivity contribution in [3.63, 3.8) is 0 Å². The van der Waals surface area contributed by atoms with Crippen LogP contribution in [0.25, 0.3) is 0 Å². The maximum absolute atomic E-state index is 12.4. The third-order valence-corrected chi connectivity index (χ3v) is 4.61. The Bertz CT molecular complexity index is 874. The largest absolute Gasteiger partial charge is 0.513 e. The minimum atomic E-state index is -1.09. The molecule has 0 saturated carbocycles. The first-order valence-electron chi connectivity index (χ1n) is 11.7. The second-order valence-corrected chi connectivity index (χ2v) is 7.79. The number of esters is 1. The average Bonchev–Trinajstić information content (AvgIpc) is 2.82. The molecule has 12 nitrogen and oxygen atoms in total. The summed E-state index contributed by atoms with van der Waals surface area (Å²) in [5, 5.41) is 0. The summed E-state index contributed by atoms with van der Waals surface area (Å²) in [6.45, 7) is 8.85. The lowest BCUT2D eigenvalue weighted by Crippen LogP contribution is -2.37. The van der Waals surface area contributed by atoms with E-state index >= 15 is 0 Å². The number of ether oxygens (including phenoxy) is 7. The van der Waals surface area contributed by atoms with E-state index in [1.165, 1.54) is 18.2 Å². The van der Waals surface area contributed by atoms with Gasteiger partial charge in [-0.05, 0) is 50.8 Å². The number of carbonyl (C=O) groups excluding carboxylic acids is 4. The SMILES string of the molecule is CCOC(=O)Oc1ccc(C[C@H](N)C(=O)O[C@@H](C)COC(=O)OCC(C)CC)cc1OC(=O)OCC. The molecular formula is C24H35NO11. The highest BCUT2D eigenvalue weighted by molar-refractivity contribution is 5.76. The quantitative estimate of drug-likeness (QED) is 0.231. The van der Waals surface area contributed by atoms with Gasteiger partial charge in [0, 0.05) is 0 Å². The van der Waals surface area contributed by atoms with Gasteiger partial charge in [0.25, 0.3) is 0 Å². The standard InChI is InChI=1S/C24H35NO11/c1-6-15(4)13-32-22(27)33-14-16(5)34-21(26)18(25)11-17-9-10-19(35-23(28)30-7-2)20(12-17)36-24(29)31-8-3/h9-10,12,15-16,18H,6-8,11,13-14,25H2,1-5H3/t15?,16-,18-/m0/s1. The summed E-state index contributed by atoms with van der Waals surface area (Å²) in [6.07, 6.45) is -2.74. The van der Waals surface area contributed by atoms with Gasteiger partial charge in [0.2, 0.25) is 0 Å². The van der Waals surface area contributed by atoms with Crippen LogP contribution in [0.5, 0.6) is 11.5 Å². The molecule has 0 amide bonds. The molecule has 0 radical (unpaired) electrons. The van der Waals surface area contributed by atoms with Crippen molar-refractivity contribution < 1.29 is 52.3 Å². The van der Waals surface area contributed by atoms with E-state index in [-0.39, 0.29) is 50.3 Å². The van der Waals surface area contributed by atoms with Crippen LogP contribution in [0.15, 0.2) is 18.2 Å². The van der Waals surface area contributed by atoms with E-state index in [0.29, 0.717) is 5.56 Å². The van der Waals surface area contributed by atoms with Gasteiger partial charge in [-0.25, -0.2) is 14.4 Å². The second kappa shape index (κ2) is 16.2. The van der Waals surface area contributed by atoms with Crippen molar-refractivity contribution in [3.8, 4) is 11.5 Å². The monoisotopic (exact) mass is 513 g/mol. The summed E-state index contributed by atoms with van der Waals surface area (Å²) in [5.74, 6) is -0.747. The van der Waals surface area contributed by atoms with E-state index in [9.17, 15) is 19.2 Å². The van der Waals surface area contributed by atoms with E-state index in [4.69, 9.17) is 38.9 Å². The van der Waals surface area contributed by atoms with E-state index in [2.05, 4.69) is 0 Å². The highest BCUT2D eigenvalue weighted by Crippen LogP contribution is 2.30. The Hall–Kier alpha value is -3.54. The van der Waals surface area contributed by atoms with Crippen molar-refractivity contribution >= 4 is 24.4 Å². The van der Waals surface area contributed by atoms with Crippen LogP contribution in [-0.4, -0.2) is 63.0 Å². The number of benzene rings is 1. The summed E-state index contributed by atoms with van der Waals surface area (Å²) in [6, 6.07) is 3.18. The van der Waals surface area contributed by atoms with Crippen LogP contribution in [0.1, 0.15) is 46.6 Å². The molecule has 0 heterocycles. The fourth-order valence-electron chi connectivity index (χ4n) is 2.53. The van der Waals surface area contributed by atoms with Gasteiger partial charge in [-0.15, -0.1) is 0 Å². The van der Waals surface area contributed by atoms with Gasteiger partial charge in [-0.2, -0.15) is 0 Å². The van der Waals surface area contributed by atoms with E-state index in [0.717, 1.165) is 6.42 Å². The molecule has 0 aliphatic rings. The Morgan fingerprint density at radius 3 is 1.97 bits per heavy atom. The van der Waals surface area contributed by atoms with Gasteiger partial charge < -0.3 is 38.9 Å². The lowest BCUT2D eigenvalue weighted by Gasteiger charge is -2.18. The Labute approximate surface area is 210 Å². The van der Waals surface area contributed by atoms with Crippen LogP contribution in [0.3, 0.4) is 0 Å². The fourth-order valence-corrected chi connectivity index (χ4v) is 2.53. The molecular weight excluding hydrogens is 478 g/mol. The van der Waals surface area contributed by atoms with Crippen LogP contribution in [0.4, 0.5) is 14.4 Å². The second-order valence-electron chi connectivity index (χ2n) is 7.79. The topological polar surface area (TPSA) is 159 Å². The zero-order valence-electron chi connectivity index (χ0n) is 21.3. The Kier molecular flexibility index (Phi) is 13.7. The zero-order chi connectivity index (χ0) is 27.1. The van der Waals surface area contributed by atoms with Crippen molar-refractivity contribution in [2.75, 3.05) is 26.4 Å². The van der Waals surface area contributed by atoms with Gasteiger partial charge in [-0.3, -0.25) is 4.79 Å². The molecule has 0 spiro atoms. The number of carbonyl (C=O) groups is 4. The summed E-state index contributed by atoms with van der Waals surface area (Å²) >= 11 is 0. The van der Waals surface area contributed by atoms with Crippen LogP contribution in [-0.2, 0) is 34.9 Å². The van der Waals surface area contributed by atoms with E-state index in [1.54, 1.807) is 20.8 Å². The lowest BCUT2D eigenvalue weighted by molar-refractivity contribution is -0.152. The molecule has 0 aliphatic heterocycles. The number of nitrogens with two attached hydrogens (primary N) is 1. The average molecular weight is 514 g/mol. The molecule has 0 aliphatic carbocycles.